The third-order valence-electron chi connectivity index (χ3n) is 4.65. The first-order chi connectivity index (χ1) is 10.9. The maximum atomic E-state index is 9.41. The maximum absolute atomic E-state index is 9.41. The quantitative estimate of drug-likeness (QED) is 0.266. The molecule has 100 valence electrons. The van der Waals surface area contributed by atoms with E-state index in [0.717, 1.165) is 10.9 Å². The van der Waals surface area contributed by atoms with Crippen molar-refractivity contribution < 1.29 is 0 Å². The van der Waals surface area contributed by atoms with Gasteiger partial charge in [-0.2, -0.15) is 5.26 Å². The summed E-state index contributed by atoms with van der Waals surface area (Å²) in [6.07, 6.45) is 0. The van der Waals surface area contributed by atoms with E-state index in [1.54, 1.807) is 0 Å². The van der Waals surface area contributed by atoms with Gasteiger partial charge in [-0.3, -0.25) is 0 Å². The molecule has 1 heteroatoms. The Balaban J connectivity index is 2.26. The Labute approximate surface area is 127 Å². The van der Waals surface area contributed by atoms with Gasteiger partial charge in [0.15, 0.2) is 0 Å². The van der Waals surface area contributed by atoms with E-state index in [2.05, 4.69) is 66.7 Å². The molecule has 0 spiro atoms. The SMILES string of the molecule is N#Cc1ccc2c3cccc4cccc(c5cccc1c52)c43. The predicted molar refractivity (Wildman–Crippen MR) is 92.4 cm³/mol. The fourth-order valence-electron chi connectivity index (χ4n) is 3.74. The highest BCUT2D eigenvalue weighted by atomic mass is 14.2. The summed E-state index contributed by atoms with van der Waals surface area (Å²) in [4.78, 5) is 0. The third-order valence-corrected chi connectivity index (χ3v) is 4.65. The van der Waals surface area contributed by atoms with Crippen LogP contribution in [0.5, 0.6) is 0 Å². The van der Waals surface area contributed by atoms with Gasteiger partial charge in [0, 0.05) is 5.39 Å². The zero-order chi connectivity index (χ0) is 14.7. The van der Waals surface area contributed by atoms with Gasteiger partial charge in [-0.1, -0.05) is 60.7 Å². The summed E-state index contributed by atoms with van der Waals surface area (Å²) in [5, 5.41) is 19.2. The van der Waals surface area contributed by atoms with Gasteiger partial charge in [-0.15, -0.1) is 0 Å². The van der Waals surface area contributed by atoms with Crippen LogP contribution in [0.3, 0.4) is 0 Å². The lowest BCUT2D eigenvalue weighted by atomic mass is 9.89. The molecule has 0 bridgehead atoms. The summed E-state index contributed by atoms with van der Waals surface area (Å²) < 4.78 is 0. The van der Waals surface area contributed by atoms with E-state index in [9.17, 15) is 5.26 Å². The molecule has 0 saturated carbocycles. The van der Waals surface area contributed by atoms with E-state index in [1.807, 2.05) is 6.07 Å². The monoisotopic (exact) mass is 277 g/mol. The lowest BCUT2D eigenvalue weighted by Gasteiger charge is -2.14. The van der Waals surface area contributed by atoms with E-state index in [4.69, 9.17) is 0 Å². The molecule has 22 heavy (non-hydrogen) atoms. The van der Waals surface area contributed by atoms with Crippen molar-refractivity contribution in [2.24, 2.45) is 0 Å². The molecule has 0 atom stereocenters. The molecular formula is C21H11N. The number of hydrogen-bond donors (Lipinski definition) is 0. The second-order valence-electron chi connectivity index (χ2n) is 5.71. The first kappa shape index (κ1) is 11.5. The third kappa shape index (κ3) is 1.27. The fraction of sp³-hybridized carbons (Fsp3) is 0. The number of fused-ring (bicyclic) bond motifs is 2. The minimum atomic E-state index is 0.743. The summed E-state index contributed by atoms with van der Waals surface area (Å²) >= 11 is 0. The smallest absolute Gasteiger partial charge is 0.0998 e. The molecule has 0 amide bonds. The first-order valence-electron chi connectivity index (χ1n) is 7.37. The van der Waals surface area contributed by atoms with Crippen LogP contribution in [0, 0.1) is 11.3 Å². The van der Waals surface area contributed by atoms with Crippen molar-refractivity contribution in [1.29, 1.82) is 5.26 Å². The van der Waals surface area contributed by atoms with Crippen LogP contribution in [0.25, 0.3) is 43.1 Å². The number of nitriles is 1. The molecule has 0 N–H and O–H groups in total. The number of benzene rings is 5. The fourth-order valence-corrected chi connectivity index (χ4v) is 3.74. The van der Waals surface area contributed by atoms with Gasteiger partial charge in [0.25, 0.3) is 0 Å². The second kappa shape index (κ2) is 3.96. The minimum Gasteiger partial charge on any atom is -0.192 e. The highest BCUT2D eigenvalue weighted by Gasteiger charge is 2.13. The Morgan fingerprint density at radius 2 is 1.09 bits per heavy atom. The minimum absolute atomic E-state index is 0.743. The van der Waals surface area contributed by atoms with Crippen LogP contribution in [0.2, 0.25) is 0 Å². The second-order valence-corrected chi connectivity index (χ2v) is 5.71. The van der Waals surface area contributed by atoms with Gasteiger partial charge in [-0.05, 0) is 43.8 Å². The van der Waals surface area contributed by atoms with Gasteiger partial charge in [-0.25, -0.2) is 0 Å². The predicted octanol–water partition coefficient (Wildman–Crippen LogP) is 5.61. The summed E-state index contributed by atoms with van der Waals surface area (Å²) in [5.41, 5.74) is 0.743. The van der Waals surface area contributed by atoms with E-state index in [0.29, 0.717) is 0 Å². The van der Waals surface area contributed by atoms with Crippen molar-refractivity contribution in [1.82, 2.24) is 0 Å². The molecule has 1 nitrogen and oxygen atoms in total. The standard InChI is InChI=1S/C21H11N/c22-12-14-10-11-19-17-8-2-5-13-4-1-7-16(20(13)17)18-9-3-6-15(14)21(18)19/h1-11H. The largest absolute Gasteiger partial charge is 0.192 e. The van der Waals surface area contributed by atoms with Crippen molar-refractivity contribution in [3.63, 3.8) is 0 Å². The summed E-state index contributed by atoms with van der Waals surface area (Å²) in [7, 11) is 0. The zero-order valence-corrected chi connectivity index (χ0v) is 11.8. The van der Waals surface area contributed by atoms with Crippen molar-refractivity contribution >= 4 is 43.1 Å². The van der Waals surface area contributed by atoms with Crippen LogP contribution in [-0.2, 0) is 0 Å². The lowest BCUT2D eigenvalue weighted by molar-refractivity contribution is 1.51. The zero-order valence-electron chi connectivity index (χ0n) is 11.8. The Morgan fingerprint density at radius 1 is 0.545 bits per heavy atom. The number of hydrogen-bond acceptors (Lipinski definition) is 1. The molecule has 0 unspecified atom stereocenters. The van der Waals surface area contributed by atoms with E-state index in [1.165, 1.54) is 37.7 Å². The Hall–Kier alpha value is -3.11. The molecule has 0 aliphatic heterocycles. The molecule has 0 aliphatic rings. The van der Waals surface area contributed by atoms with Gasteiger partial charge in [0.1, 0.15) is 0 Å². The van der Waals surface area contributed by atoms with E-state index in [-0.39, 0.29) is 0 Å². The van der Waals surface area contributed by atoms with Crippen LogP contribution < -0.4 is 0 Å². The lowest BCUT2D eigenvalue weighted by Crippen LogP contribution is -1.88. The van der Waals surface area contributed by atoms with Gasteiger partial charge in [0.05, 0.1) is 11.6 Å². The van der Waals surface area contributed by atoms with Crippen LogP contribution in [-0.4, -0.2) is 0 Å². The topological polar surface area (TPSA) is 23.8 Å². The highest BCUT2D eigenvalue weighted by molar-refractivity contribution is 6.33. The van der Waals surface area contributed by atoms with E-state index < -0.39 is 0 Å². The highest BCUT2D eigenvalue weighted by Crippen LogP contribution is 2.40. The summed E-state index contributed by atoms with van der Waals surface area (Å²) in [6, 6.07) is 25.5. The Kier molecular flexibility index (Phi) is 2.08. The summed E-state index contributed by atoms with van der Waals surface area (Å²) in [5.74, 6) is 0. The average molecular weight is 277 g/mol. The molecule has 0 saturated heterocycles. The molecule has 5 aromatic rings. The van der Waals surface area contributed by atoms with Crippen molar-refractivity contribution in [3.8, 4) is 6.07 Å². The average Bonchev–Trinajstić information content (AvgIpc) is 2.59. The number of rotatable bonds is 0. The van der Waals surface area contributed by atoms with Gasteiger partial charge >= 0.3 is 0 Å². The van der Waals surface area contributed by atoms with Crippen LogP contribution in [0.1, 0.15) is 5.56 Å². The van der Waals surface area contributed by atoms with Crippen LogP contribution in [0.15, 0.2) is 66.7 Å². The van der Waals surface area contributed by atoms with Gasteiger partial charge < -0.3 is 0 Å². The normalized spacial score (nSPS) is 11.6. The Bertz CT molecular complexity index is 1170. The molecule has 5 aromatic carbocycles. The van der Waals surface area contributed by atoms with Crippen LogP contribution in [0.4, 0.5) is 0 Å². The Morgan fingerprint density at radius 3 is 1.77 bits per heavy atom. The van der Waals surface area contributed by atoms with Crippen molar-refractivity contribution in [2.75, 3.05) is 0 Å². The van der Waals surface area contributed by atoms with Crippen LogP contribution >= 0.6 is 0 Å². The molecule has 0 heterocycles. The van der Waals surface area contributed by atoms with Gasteiger partial charge in [0.2, 0.25) is 0 Å². The number of nitrogens with zero attached hydrogens (tertiary/aromatic N) is 1. The van der Waals surface area contributed by atoms with Crippen molar-refractivity contribution in [2.45, 2.75) is 0 Å². The molecule has 0 aromatic heterocycles. The molecular weight excluding hydrogens is 266 g/mol. The van der Waals surface area contributed by atoms with E-state index >= 15 is 0 Å². The molecule has 5 rings (SSSR count). The molecule has 0 fully saturated rings. The van der Waals surface area contributed by atoms with Crippen molar-refractivity contribution in [3.05, 3.63) is 72.3 Å². The maximum Gasteiger partial charge on any atom is 0.0998 e. The molecule has 0 aliphatic carbocycles. The first-order valence-corrected chi connectivity index (χ1v) is 7.37. The summed E-state index contributed by atoms with van der Waals surface area (Å²) in [6.45, 7) is 0. The molecule has 0 radical (unpaired) electrons.